The normalized spacial score (nSPS) is 13.7. The molecule has 0 fully saturated rings. The maximum atomic E-state index is 12.1. The maximum absolute atomic E-state index is 12.1. The van der Waals surface area contributed by atoms with Gasteiger partial charge in [0.25, 0.3) is 0 Å². The van der Waals surface area contributed by atoms with E-state index in [4.69, 9.17) is 0 Å². The van der Waals surface area contributed by atoms with Crippen LogP contribution < -0.4 is 5.32 Å². The highest BCUT2D eigenvalue weighted by atomic mass is 16.3. The van der Waals surface area contributed by atoms with Crippen LogP contribution in [0.15, 0.2) is 12.2 Å². The lowest BCUT2D eigenvalue weighted by molar-refractivity contribution is -0.123. The van der Waals surface area contributed by atoms with Gasteiger partial charge in [-0.2, -0.15) is 0 Å². The molecule has 0 bridgehead atoms. The first-order chi connectivity index (χ1) is 14.2. The number of rotatable bonds is 21. The molecular formula is C25H49NO3. The van der Waals surface area contributed by atoms with Gasteiger partial charge in [0.05, 0.1) is 18.8 Å². The van der Waals surface area contributed by atoms with Gasteiger partial charge in [-0.05, 0) is 19.3 Å². The van der Waals surface area contributed by atoms with E-state index in [0.717, 1.165) is 25.7 Å². The Bertz CT molecular complexity index is 384. The molecule has 29 heavy (non-hydrogen) atoms. The van der Waals surface area contributed by atoms with E-state index < -0.39 is 12.1 Å². The number of carbonyl (C=O) groups is 1. The van der Waals surface area contributed by atoms with Crippen LogP contribution in [0, 0.1) is 0 Å². The Labute approximate surface area is 180 Å². The summed E-state index contributed by atoms with van der Waals surface area (Å²) in [5.41, 5.74) is 0. The average Bonchev–Trinajstić information content (AvgIpc) is 2.72. The number of allylic oxidation sites excluding steroid dienone is 1. The van der Waals surface area contributed by atoms with Crippen LogP contribution in [-0.2, 0) is 4.79 Å². The molecule has 0 aromatic carbocycles. The highest BCUT2D eigenvalue weighted by Crippen LogP contribution is 2.12. The fraction of sp³-hybridized carbons (Fsp3) is 0.880. The predicted molar refractivity (Wildman–Crippen MR) is 124 cm³/mol. The Hall–Kier alpha value is -0.870. The quantitative estimate of drug-likeness (QED) is 0.159. The monoisotopic (exact) mass is 411 g/mol. The number of hydrogen-bond donors (Lipinski definition) is 3. The van der Waals surface area contributed by atoms with E-state index in [-0.39, 0.29) is 12.5 Å². The summed E-state index contributed by atoms with van der Waals surface area (Å²) in [7, 11) is 0. The summed E-state index contributed by atoms with van der Waals surface area (Å²) in [6.07, 6.45) is 22.9. The Balaban J connectivity index is 3.70. The summed E-state index contributed by atoms with van der Waals surface area (Å²) in [5, 5.41) is 22.4. The van der Waals surface area contributed by atoms with E-state index in [1.54, 1.807) is 6.08 Å². The van der Waals surface area contributed by atoms with Crippen LogP contribution in [0.5, 0.6) is 0 Å². The van der Waals surface area contributed by atoms with Crippen molar-refractivity contribution in [1.82, 2.24) is 5.32 Å². The summed E-state index contributed by atoms with van der Waals surface area (Å²) in [6, 6.07) is -0.609. The second-order valence-electron chi connectivity index (χ2n) is 8.41. The minimum atomic E-state index is -0.826. The van der Waals surface area contributed by atoms with E-state index in [2.05, 4.69) is 19.2 Å². The van der Waals surface area contributed by atoms with Crippen LogP contribution in [0.25, 0.3) is 0 Å². The van der Waals surface area contributed by atoms with Crippen LogP contribution in [0.1, 0.15) is 123 Å². The third kappa shape index (κ3) is 18.9. The lowest BCUT2D eigenvalue weighted by atomic mass is 10.0. The van der Waals surface area contributed by atoms with Crippen LogP contribution in [0.3, 0.4) is 0 Å². The fourth-order valence-electron chi connectivity index (χ4n) is 3.53. The van der Waals surface area contributed by atoms with E-state index in [9.17, 15) is 15.0 Å². The van der Waals surface area contributed by atoms with Crippen LogP contribution in [-0.4, -0.2) is 34.9 Å². The standard InChI is InChI=1S/C25H49NO3/c1-3-5-7-9-11-12-13-14-15-17-19-21-25(29)26-23(22-27)24(28)20-18-16-10-8-6-4-2/h18,20,23-24,27-28H,3-17,19,21-22H2,1-2H3,(H,26,29)/b20-18+. The first kappa shape index (κ1) is 28.1. The van der Waals surface area contributed by atoms with E-state index in [1.807, 2.05) is 6.08 Å². The van der Waals surface area contributed by atoms with Crippen LogP contribution in [0.4, 0.5) is 0 Å². The molecule has 4 heteroatoms. The van der Waals surface area contributed by atoms with Crippen molar-refractivity contribution in [2.75, 3.05) is 6.61 Å². The third-order valence-electron chi connectivity index (χ3n) is 5.52. The van der Waals surface area contributed by atoms with Crippen LogP contribution in [0.2, 0.25) is 0 Å². The van der Waals surface area contributed by atoms with E-state index in [1.165, 1.54) is 77.0 Å². The molecule has 0 aliphatic heterocycles. The number of aliphatic hydroxyl groups is 2. The highest BCUT2D eigenvalue weighted by Gasteiger charge is 2.17. The molecule has 0 spiro atoms. The maximum Gasteiger partial charge on any atom is 0.220 e. The zero-order valence-corrected chi connectivity index (χ0v) is 19.3. The van der Waals surface area contributed by atoms with Gasteiger partial charge < -0.3 is 15.5 Å². The molecule has 172 valence electrons. The first-order valence-electron chi connectivity index (χ1n) is 12.4. The van der Waals surface area contributed by atoms with Gasteiger partial charge in [-0.3, -0.25) is 4.79 Å². The molecule has 0 heterocycles. The van der Waals surface area contributed by atoms with Gasteiger partial charge in [-0.15, -0.1) is 0 Å². The van der Waals surface area contributed by atoms with Crippen molar-refractivity contribution in [2.24, 2.45) is 0 Å². The van der Waals surface area contributed by atoms with Gasteiger partial charge in [0, 0.05) is 6.42 Å². The molecule has 0 saturated heterocycles. The largest absolute Gasteiger partial charge is 0.394 e. The topological polar surface area (TPSA) is 69.6 Å². The molecule has 4 nitrogen and oxygen atoms in total. The zero-order chi connectivity index (χ0) is 21.6. The smallest absolute Gasteiger partial charge is 0.220 e. The molecule has 1 amide bonds. The van der Waals surface area contributed by atoms with Crippen molar-refractivity contribution in [2.45, 2.75) is 135 Å². The molecule has 0 saturated carbocycles. The Morgan fingerprint density at radius 3 is 1.79 bits per heavy atom. The summed E-state index contributed by atoms with van der Waals surface area (Å²) >= 11 is 0. The average molecular weight is 412 g/mol. The molecular weight excluding hydrogens is 362 g/mol. The molecule has 0 rings (SSSR count). The predicted octanol–water partition coefficient (Wildman–Crippen LogP) is 6.05. The summed E-state index contributed by atoms with van der Waals surface area (Å²) in [4.78, 5) is 12.1. The summed E-state index contributed by atoms with van der Waals surface area (Å²) in [6.45, 7) is 4.19. The number of nitrogens with one attached hydrogen (secondary N) is 1. The van der Waals surface area contributed by atoms with Gasteiger partial charge >= 0.3 is 0 Å². The van der Waals surface area contributed by atoms with Crippen LogP contribution >= 0.6 is 0 Å². The lowest BCUT2D eigenvalue weighted by Gasteiger charge is -2.20. The lowest BCUT2D eigenvalue weighted by Crippen LogP contribution is -2.45. The molecule has 3 N–H and O–H groups in total. The number of aliphatic hydroxyl groups excluding tert-OH is 2. The fourth-order valence-corrected chi connectivity index (χ4v) is 3.53. The van der Waals surface area contributed by atoms with Gasteiger partial charge in [0.2, 0.25) is 5.91 Å². The number of unbranched alkanes of at least 4 members (excludes halogenated alkanes) is 14. The van der Waals surface area contributed by atoms with Gasteiger partial charge in [-0.25, -0.2) is 0 Å². The van der Waals surface area contributed by atoms with Crippen molar-refractivity contribution in [3.63, 3.8) is 0 Å². The minimum absolute atomic E-state index is 0.0737. The van der Waals surface area contributed by atoms with Crippen molar-refractivity contribution < 1.29 is 15.0 Å². The van der Waals surface area contributed by atoms with Gasteiger partial charge in [0.15, 0.2) is 0 Å². The van der Waals surface area contributed by atoms with E-state index >= 15 is 0 Å². The molecule has 0 radical (unpaired) electrons. The first-order valence-corrected chi connectivity index (χ1v) is 12.4. The Morgan fingerprint density at radius 1 is 0.793 bits per heavy atom. The third-order valence-corrected chi connectivity index (χ3v) is 5.52. The Kier molecular flexibility index (Phi) is 21.2. The summed E-state index contributed by atoms with van der Waals surface area (Å²) < 4.78 is 0. The molecule has 0 aliphatic rings. The number of amides is 1. The van der Waals surface area contributed by atoms with Crippen molar-refractivity contribution >= 4 is 5.91 Å². The summed E-state index contributed by atoms with van der Waals surface area (Å²) in [5.74, 6) is -0.0737. The molecule has 2 unspecified atom stereocenters. The van der Waals surface area contributed by atoms with Gasteiger partial charge in [-0.1, -0.05) is 109 Å². The molecule has 0 aromatic heterocycles. The number of hydrogen-bond acceptors (Lipinski definition) is 3. The van der Waals surface area contributed by atoms with Crippen molar-refractivity contribution in [1.29, 1.82) is 0 Å². The number of carbonyl (C=O) groups excluding carboxylic acids is 1. The molecule has 2 atom stereocenters. The van der Waals surface area contributed by atoms with Crippen molar-refractivity contribution in [3.8, 4) is 0 Å². The minimum Gasteiger partial charge on any atom is -0.394 e. The Morgan fingerprint density at radius 2 is 1.28 bits per heavy atom. The second-order valence-corrected chi connectivity index (χ2v) is 8.41. The molecule has 0 aromatic rings. The van der Waals surface area contributed by atoms with E-state index in [0.29, 0.717) is 6.42 Å². The highest BCUT2D eigenvalue weighted by molar-refractivity contribution is 5.76. The second kappa shape index (κ2) is 21.8. The SMILES string of the molecule is CCCCCC/C=C/C(O)C(CO)NC(=O)CCCCCCCCCCCCC. The zero-order valence-electron chi connectivity index (χ0n) is 19.3. The van der Waals surface area contributed by atoms with Gasteiger partial charge in [0.1, 0.15) is 0 Å². The van der Waals surface area contributed by atoms with Crippen molar-refractivity contribution in [3.05, 3.63) is 12.2 Å². The molecule has 0 aliphatic carbocycles.